The van der Waals surface area contributed by atoms with Gasteiger partial charge in [-0.2, -0.15) is 0 Å². The SMILES string of the molecule is CNCc1ccccc1S(=O)(=O)Nc1nc(C)cs1. The van der Waals surface area contributed by atoms with Crippen LogP contribution in [0.3, 0.4) is 0 Å². The third-order valence-electron chi connectivity index (χ3n) is 2.47. The van der Waals surface area contributed by atoms with E-state index in [-0.39, 0.29) is 4.90 Å². The molecule has 2 aromatic rings. The van der Waals surface area contributed by atoms with E-state index in [0.29, 0.717) is 11.7 Å². The van der Waals surface area contributed by atoms with Gasteiger partial charge < -0.3 is 5.32 Å². The molecule has 5 nitrogen and oxygen atoms in total. The maximum atomic E-state index is 12.3. The Morgan fingerprint density at radius 2 is 2.05 bits per heavy atom. The molecule has 0 aliphatic carbocycles. The lowest BCUT2D eigenvalue weighted by atomic mass is 10.2. The average molecular weight is 297 g/mol. The molecule has 2 rings (SSSR count). The Labute approximate surface area is 116 Å². The summed E-state index contributed by atoms with van der Waals surface area (Å²) in [5.41, 5.74) is 1.52. The topological polar surface area (TPSA) is 71.1 Å². The second-order valence-electron chi connectivity index (χ2n) is 4.04. The normalized spacial score (nSPS) is 11.5. The molecule has 0 radical (unpaired) electrons. The van der Waals surface area contributed by atoms with Gasteiger partial charge in [0.1, 0.15) is 0 Å². The molecular formula is C12H15N3O2S2. The summed E-state index contributed by atoms with van der Waals surface area (Å²) in [5, 5.41) is 5.15. The zero-order valence-electron chi connectivity index (χ0n) is 10.7. The van der Waals surface area contributed by atoms with Gasteiger partial charge in [-0.25, -0.2) is 13.4 Å². The first-order valence-electron chi connectivity index (χ1n) is 5.70. The monoisotopic (exact) mass is 297 g/mol. The average Bonchev–Trinajstić information content (AvgIpc) is 2.75. The predicted molar refractivity (Wildman–Crippen MR) is 76.9 cm³/mol. The minimum atomic E-state index is -3.59. The molecule has 0 unspecified atom stereocenters. The molecule has 0 fully saturated rings. The van der Waals surface area contributed by atoms with Crippen molar-refractivity contribution >= 4 is 26.5 Å². The van der Waals surface area contributed by atoms with Crippen LogP contribution in [0.4, 0.5) is 5.13 Å². The Bertz CT molecular complexity index is 665. The summed E-state index contributed by atoms with van der Waals surface area (Å²) in [7, 11) is -1.82. The highest BCUT2D eigenvalue weighted by Crippen LogP contribution is 2.22. The maximum Gasteiger partial charge on any atom is 0.263 e. The van der Waals surface area contributed by atoms with Crippen molar-refractivity contribution in [2.75, 3.05) is 11.8 Å². The molecular weight excluding hydrogens is 282 g/mol. The number of aromatic nitrogens is 1. The zero-order chi connectivity index (χ0) is 13.9. The highest BCUT2D eigenvalue weighted by atomic mass is 32.2. The summed E-state index contributed by atoms with van der Waals surface area (Å²) in [4.78, 5) is 4.38. The van der Waals surface area contributed by atoms with Crippen LogP contribution in [0.1, 0.15) is 11.3 Å². The van der Waals surface area contributed by atoms with Crippen molar-refractivity contribution in [2.24, 2.45) is 0 Å². The number of nitrogens with zero attached hydrogens (tertiary/aromatic N) is 1. The predicted octanol–water partition coefficient (Wildman–Crippen LogP) is 1.97. The molecule has 1 aromatic carbocycles. The van der Waals surface area contributed by atoms with E-state index in [9.17, 15) is 8.42 Å². The first-order chi connectivity index (χ1) is 9.03. The van der Waals surface area contributed by atoms with E-state index in [1.807, 2.05) is 13.0 Å². The van der Waals surface area contributed by atoms with Crippen molar-refractivity contribution in [3.8, 4) is 0 Å². The minimum Gasteiger partial charge on any atom is -0.316 e. The number of thiazole rings is 1. The van der Waals surface area contributed by atoms with E-state index in [2.05, 4.69) is 15.0 Å². The van der Waals surface area contributed by atoms with Gasteiger partial charge in [0.2, 0.25) is 0 Å². The van der Waals surface area contributed by atoms with Gasteiger partial charge in [-0.3, -0.25) is 4.72 Å². The molecule has 0 bridgehead atoms. The Balaban J connectivity index is 2.34. The molecule has 0 saturated carbocycles. The van der Waals surface area contributed by atoms with Gasteiger partial charge in [-0.05, 0) is 25.6 Å². The number of hydrogen-bond donors (Lipinski definition) is 2. The van der Waals surface area contributed by atoms with Crippen molar-refractivity contribution in [3.63, 3.8) is 0 Å². The van der Waals surface area contributed by atoms with Crippen LogP contribution in [0.25, 0.3) is 0 Å². The first-order valence-corrected chi connectivity index (χ1v) is 8.06. The summed E-state index contributed by atoms with van der Waals surface area (Å²) in [5.74, 6) is 0. The summed E-state index contributed by atoms with van der Waals surface area (Å²) in [6.45, 7) is 2.32. The molecule has 19 heavy (non-hydrogen) atoms. The summed E-state index contributed by atoms with van der Waals surface area (Å²) < 4.78 is 27.2. The van der Waals surface area contributed by atoms with Gasteiger partial charge in [0, 0.05) is 11.9 Å². The van der Waals surface area contributed by atoms with E-state index in [1.165, 1.54) is 11.3 Å². The van der Waals surface area contributed by atoms with Gasteiger partial charge in [-0.1, -0.05) is 18.2 Å². The second-order valence-corrected chi connectivity index (χ2v) is 6.55. The third-order valence-corrected chi connectivity index (χ3v) is 4.91. The Morgan fingerprint density at radius 1 is 1.32 bits per heavy atom. The largest absolute Gasteiger partial charge is 0.316 e. The van der Waals surface area contributed by atoms with Gasteiger partial charge in [-0.15, -0.1) is 11.3 Å². The zero-order valence-corrected chi connectivity index (χ0v) is 12.3. The van der Waals surface area contributed by atoms with E-state index in [1.54, 1.807) is 30.6 Å². The van der Waals surface area contributed by atoms with Crippen molar-refractivity contribution in [1.82, 2.24) is 10.3 Å². The summed E-state index contributed by atoms with van der Waals surface area (Å²) in [6, 6.07) is 6.91. The van der Waals surface area contributed by atoms with Gasteiger partial charge in [0.25, 0.3) is 10.0 Å². The lowest BCUT2D eigenvalue weighted by Crippen LogP contribution is -2.17. The van der Waals surface area contributed by atoms with Crippen molar-refractivity contribution in [2.45, 2.75) is 18.4 Å². The third kappa shape index (κ3) is 3.31. The molecule has 0 amide bonds. The van der Waals surface area contributed by atoms with Crippen LogP contribution < -0.4 is 10.0 Å². The molecule has 1 aromatic heterocycles. The number of benzene rings is 1. The number of nitrogens with one attached hydrogen (secondary N) is 2. The standard InChI is InChI=1S/C12H15N3O2S2/c1-9-8-18-12(14-9)15-19(16,17)11-6-4-3-5-10(11)7-13-2/h3-6,8,13H,7H2,1-2H3,(H,14,15). The van der Waals surface area contributed by atoms with E-state index in [0.717, 1.165) is 11.3 Å². The molecule has 1 heterocycles. The van der Waals surface area contributed by atoms with E-state index in [4.69, 9.17) is 0 Å². The van der Waals surface area contributed by atoms with Gasteiger partial charge >= 0.3 is 0 Å². The number of aryl methyl sites for hydroxylation is 1. The van der Waals surface area contributed by atoms with Gasteiger partial charge in [0.15, 0.2) is 5.13 Å². The van der Waals surface area contributed by atoms with Crippen molar-refractivity contribution in [1.29, 1.82) is 0 Å². The fourth-order valence-electron chi connectivity index (χ4n) is 1.67. The number of rotatable bonds is 5. The van der Waals surface area contributed by atoms with Crippen LogP contribution in [0.5, 0.6) is 0 Å². The lowest BCUT2D eigenvalue weighted by Gasteiger charge is -2.10. The Hall–Kier alpha value is -1.44. The molecule has 0 atom stereocenters. The fourth-order valence-corrected chi connectivity index (χ4v) is 3.86. The number of anilines is 1. The molecule has 0 aliphatic heterocycles. The van der Waals surface area contributed by atoms with E-state index >= 15 is 0 Å². The molecule has 0 aliphatic rings. The molecule has 2 N–H and O–H groups in total. The van der Waals surface area contributed by atoms with Crippen LogP contribution >= 0.6 is 11.3 Å². The highest BCUT2D eigenvalue weighted by Gasteiger charge is 2.19. The minimum absolute atomic E-state index is 0.275. The Morgan fingerprint density at radius 3 is 2.68 bits per heavy atom. The van der Waals surface area contributed by atoms with Crippen LogP contribution in [-0.2, 0) is 16.6 Å². The maximum absolute atomic E-state index is 12.3. The van der Waals surface area contributed by atoms with Gasteiger partial charge in [0.05, 0.1) is 10.6 Å². The molecule has 102 valence electrons. The van der Waals surface area contributed by atoms with Crippen molar-refractivity contribution in [3.05, 3.63) is 40.9 Å². The molecule has 0 spiro atoms. The van der Waals surface area contributed by atoms with Crippen LogP contribution in [0, 0.1) is 6.92 Å². The number of sulfonamides is 1. The first kappa shape index (κ1) is 14.0. The van der Waals surface area contributed by atoms with Crippen LogP contribution in [0.15, 0.2) is 34.5 Å². The summed E-state index contributed by atoms with van der Waals surface area (Å²) in [6.07, 6.45) is 0. The Kier molecular flexibility index (Phi) is 4.18. The molecule has 0 saturated heterocycles. The quantitative estimate of drug-likeness (QED) is 0.885. The summed E-state index contributed by atoms with van der Waals surface area (Å²) >= 11 is 1.27. The van der Waals surface area contributed by atoms with Crippen molar-refractivity contribution < 1.29 is 8.42 Å². The van der Waals surface area contributed by atoms with E-state index < -0.39 is 10.0 Å². The highest BCUT2D eigenvalue weighted by molar-refractivity contribution is 7.93. The lowest BCUT2D eigenvalue weighted by molar-refractivity contribution is 0.599. The van der Waals surface area contributed by atoms with Crippen LogP contribution in [0.2, 0.25) is 0 Å². The number of hydrogen-bond acceptors (Lipinski definition) is 5. The smallest absolute Gasteiger partial charge is 0.263 e. The second kappa shape index (κ2) is 5.68. The fraction of sp³-hybridized carbons (Fsp3) is 0.250. The van der Waals surface area contributed by atoms with Crippen LogP contribution in [-0.4, -0.2) is 20.4 Å². The molecule has 7 heteroatoms.